The molecule has 2 aliphatic heterocycles. The van der Waals surface area contributed by atoms with Gasteiger partial charge in [-0.25, -0.2) is 0 Å². The summed E-state index contributed by atoms with van der Waals surface area (Å²) in [5.74, 6) is -8.12. The molecule has 0 bridgehead atoms. The van der Waals surface area contributed by atoms with Crippen LogP contribution in [-0.4, -0.2) is 430 Å². The molecule has 18 unspecified atom stereocenters. The quantitative estimate of drug-likeness (QED) is 0.0287. The summed E-state index contributed by atoms with van der Waals surface area (Å²) in [5, 5.41) is 302. The standard InChI is InChI=1S/C67H118O38/c1-2-3-4-5-6-95-66-58(94)57(93)59(40(23-76)104-66)105-67-55(91)39(14-31(22-75)96-67)97-33-8-25(16-69)42(78)60(49(33)85)99-35-10-27(18-71)44(80)62(51(35)87)101-37-12-29(20-73)46(82)64(53(37)89)103-38-13-30(21-74)47(83)65(54(38)90)102-36-11-28(19-72)45(81)63(52(36)88)100-34-9-26(17-70)43(79)61(50(34)86)98-32-7-24(15-68)41(77)56(92)48(32)84/h24-94H,2-23H2,1H3/t24?,25?,26?,27?,28?,29?,30?,31?,32-,33-,34-,35-,36-,37-,38-,39?,40?,41+,42+,43+,44+,45+,46+,47+,48?,49-,50-,51-,52-,53-,54-,55+,56+,57-,58?,59-,60?,61?,62?,63?,64?,65?,66-,67+/m1/s1. The lowest BCUT2D eigenvalue weighted by molar-refractivity contribution is -0.355. The molecule has 9 fully saturated rings. The summed E-state index contributed by atoms with van der Waals surface area (Å²) >= 11 is 0. The van der Waals surface area contributed by atoms with Crippen LogP contribution in [0.15, 0.2) is 0 Å². The Morgan fingerprint density at radius 3 is 0.848 bits per heavy atom. The second-order valence-electron chi connectivity index (χ2n) is 30.4. The van der Waals surface area contributed by atoms with Crippen LogP contribution < -0.4 is 0 Å². The molecule has 2 saturated heterocycles. The fourth-order valence-corrected chi connectivity index (χ4v) is 17.0. The van der Waals surface area contributed by atoms with Crippen molar-refractivity contribution in [3.8, 4) is 0 Å². The molecule has 614 valence electrons. The molecule has 0 radical (unpaired) electrons. The number of rotatable bonds is 31. The molecule has 9 rings (SSSR count). The molecule has 38 heteroatoms. The molecule has 38 nitrogen and oxygen atoms in total. The van der Waals surface area contributed by atoms with Crippen LogP contribution in [0, 0.1) is 41.4 Å². The predicted octanol–water partition coefficient (Wildman–Crippen LogP) is -12.3. The summed E-state index contributed by atoms with van der Waals surface area (Å²) < 4.78 is 66.8. The van der Waals surface area contributed by atoms with Crippen molar-refractivity contribution < 1.29 is 190 Å². The van der Waals surface area contributed by atoms with Gasteiger partial charge in [0.25, 0.3) is 0 Å². The Kier molecular flexibility index (Phi) is 32.9. The van der Waals surface area contributed by atoms with Gasteiger partial charge in [-0.15, -0.1) is 0 Å². The van der Waals surface area contributed by atoms with Gasteiger partial charge in [0.15, 0.2) is 12.6 Å². The van der Waals surface area contributed by atoms with E-state index >= 15 is 0 Å². The van der Waals surface area contributed by atoms with Crippen molar-refractivity contribution in [3.05, 3.63) is 0 Å². The highest BCUT2D eigenvalue weighted by molar-refractivity contribution is 5.07. The van der Waals surface area contributed by atoms with E-state index in [4.69, 9.17) is 52.1 Å². The first-order valence-electron chi connectivity index (χ1n) is 37.0. The molecular formula is C67H118O38. The third-order valence-electron chi connectivity index (χ3n) is 23.6. The van der Waals surface area contributed by atoms with Crippen molar-refractivity contribution in [2.45, 2.75) is 310 Å². The lowest BCUT2D eigenvalue weighted by Gasteiger charge is -2.51. The Morgan fingerprint density at radius 1 is 0.238 bits per heavy atom. The van der Waals surface area contributed by atoms with Crippen molar-refractivity contribution in [1.82, 2.24) is 0 Å². The molecule has 0 amide bonds. The third kappa shape index (κ3) is 19.3. The van der Waals surface area contributed by atoms with Crippen LogP contribution in [0.4, 0.5) is 0 Å². The lowest BCUT2D eigenvalue weighted by Crippen LogP contribution is -2.65. The van der Waals surface area contributed by atoms with E-state index in [0.717, 1.165) is 19.3 Å². The van der Waals surface area contributed by atoms with E-state index in [9.17, 15) is 138 Å². The monoisotopic (exact) mass is 1530 g/mol. The first-order chi connectivity index (χ1) is 50.1. The molecule has 0 aromatic carbocycles. The van der Waals surface area contributed by atoms with Crippen LogP contribution >= 0.6 is 0 Å². The van der Waals surface area contributed by atoms with Crippen LogP contribution in [0.2, 0.25) is 0 Å². The molecule has 0 aromatic rings. The van der Waals surface area contributed by atoms with Crippen LogP contribution in [0.5, 0.6) is 0 Å². The van der Waals surface area contributed by atoms with Crippen LogP contribution in [0.1, 0.15) is 84.0 Å². The van der Waals surface area contributed by atoms with Crippen LogP contribution in [0.3, 0.4) is 0 Å². The molecular weight excluding hydrogens is 1410 g/mol. The van der Waals surface area contributed by atoms with Crippen molar-refractivity contribution in [2.75, 3.05) is 66.1 Å². The molecule has 9 aliphatic rings. The molecule has 2 heterocycles. The zero-order chi connectivity index (χ0) is 76.7. The number of ether oxygens (including phenoxy) is 11. The van der Waals surface area contributed by atoms with Gasteiger partial charge in [-0.05, 0) is 51.4 Å². The third-order valence-corrected chi connectivity index (χ3v) is 23.6. The van der Waals surface area contributed by atoms with Crippen molar-refractivity contribution in [2.24, 2.45) is 41.4 Å². The summed E-state index contributed by atoms with van der Waals surface area (Å²) in [5.41, 5.74) is 0. The predicted molar refractivity (Wildman–Crippen MR) is 346 cm³/mol. The first kappa shape index (κ1) is 87.4. The minimum Gasteiger partial charge on any atom is -0.396 e. The summed E-state index contributed by atoms with van der Waals surface area (Å²) in [6.07, 6.45) is -61.8. The van der Waals surface area contributed by atoms with Crippen molar-refractivity contribution in [1.29, 1.82) is 0 Å². The number of aliphatic hydroxyl groups excluding tert-OH is 27. The highest BCUT2D eigenvalue weighted by Gasteiger charge is 2.59. The average molecular weight is 1530 g/mol. The molecule has 44 atom stereocenters. The van der Waals surface area contributed by atoms with E-state index in [1.165, 1.54) is 0 Å². The fraction of sp³-hybridized carbons (Fsp3) is 1.00. The van der Waals surface area contributed by atoms with E-state index < -0.39 is 346 Å². The Labute approximate surface area is 605 Å². The summed E-state index contributed by atoms with van der Waals surface area (Å²) in [6, 6.07) is 0. The molecule has 27 N–H and O–H groups in total. The van der Waals surface area contributed by atoms with Crippen LogP contribution in [-0.2, 0) is 52.1 Å². The minimum atomic E-state index is -2.00. The first-order valence-corrected chi connectivity index (χ1v) is 37.0. The summed E-state index contributed by atoms with van der Waals surface area (Å²) in [7, 11) is 0. The van der Waals surface area contributed by atoms with Gasteiger partial charge in [-0.2, -0.15) is 0 Å². The van der Waals surface area contributed by atoms with Gasteiger partial charge in [0.1, 0.15) is 116 Å². The van der Waals surface area contributed by atoms with Gasteiger partial charge in [0, 0.05) is 101 Å². The number of aliphatic hydroxyl groups is 27. The maximum absolute atomic E-state index is 12.2. The Morgan fingerprint density at radius 2 is 0.543 bits per heavy atom. The summed E-state index contributed by atoms with van der Waals surface area (Å²) in [6.45, 7) is -4.50. The number of hydrogen-bond acceptors (Lipinski definition) is 38. The van der Waals surface area contributed by atoms with Gasteiger partial charge in [-0.1, -0.05) is 26.2 Å². The Bertz CT molecular complexity index is 2530. The van der Waals surface area contributed by atoms with E-state index in [1.54, 1.807) is 0 Å². The van der Waals surface area contributed by atoms with E-state index in [-0.39, 0.29) is 38.7 Å². The fourth-order valence-electron chi connectivity index (χ4n) is 17.0. The van der Waals surface area contributed by atoms with Crippen molar-refractivity contribution >= 4 is 0 Å². The Hall–Kier alpha value is -1.52. The molecule has 7 saturated carbocycles. The van der Waals surface area contributed by atoms with Gasteiger partial charge in [0.05, 0.1) is 111 Å². The van der Waals surface area contributed by atoms with Gasteiger partial charge >= 0.3 is 0 Å². The van der Waals surface area contributed by atoms with E-state index in [1.807, 2.05) is 6.92 Å². The van der Waals surface area contributed by atoms with Crippen molar-refractivity contribution in [3.63, 3.8) is 0 Å². The Balaban J connectivity index is 0.865. The molecule has 7 aliphatic carbocycles. The largest absolute Gasteiger partial charge is 0.396 e. The maximum atomic E-state index is 12.2. The number of unbranched alkanes of at least 4 members (excludes halogenated alkanes) is 3. The van der Waals surface area contributed by atoms with Crippen LogP contribution in [0.25, 0.3) is 0 Å². The SMILES string of the molecule is CCCCCCO[C@@H]1OC(CO)[C@@H](O[C@@H]2OC(CO)CC(O[C@@H]3CC(CO)[C@H](O)C(O[C@@H]4CC(CO)[C@H](O)C(O[C@@H]5CC(CO)[C@H](O)C(O[C@@H]6CC(CO)[C@H](O)C(O[C@@H]7CC(CO)[C@H](O)C(O[C@@H]8CC(CO)[C@H](O)C(O[C@@H]9CC(CO)[C@H](O)[C@H](O)C9O)[C@@H]8O)[C@@H]7O)[C@@H]6O)[C@@H]5O)[C@@H]4O)[C@@H]3O)[C@@H]2O)[C@H](O)C1O. The molecule has 105 heavy (non-hydrogen) atoms. The number of hydrogen-bond donors (Lipinski definition) is 27. The highest BCUT2D eigenvalue weighted by Crippen LogP contribution is 2.44. The van der Waals surface area contributed by atoms with E-state index in [0.29, 0.717) is 6.42 Å². The average Bonchev–Trinajstić information content (AvgIpc) is 0.781. The molecule has 0 spiro atoms. The zero-order valence-corrected chi connectivity index (χ0v) is 58.5. The molecule has 0 aromatic heterocycles. The summed E-state index contributed by atoms with van der Waals surface area (Å²) in [4.78, 5) is 0. The highest BCUT2D eigenvalue weighted by atomic mass is 16.7. The normalized spacial score (nSPS) is 51.0. The van der Waals surface area contributed by atoms with Gasteiger partial charge in [-0.3, -0.25) is 0 Å². The second kappa shape index (κ2) is 39.5. The zero-order valence-electron chi connectivity index (χ0n) is 58.5. The lowest BCUT2D eigenvalue weighted by atomic mass is 9.77. The second-order valence-corrected chi connectivity index (χ2v) is 30.4. The minimum absolute atomic E-state index is 0.175. The maximum Gasteiger partial charge on any atom is 0.187 e. The smallest absolute Gasteiger partial charge is 0.187 e. The van der Waals surface area contributed by atoms with E-state index in [2.05, 4.69) is 0 Å². The van der Waals surface area contributed by atoms with Gasteiger partial charge < -0.3 is 190 Å². The topological polar surface area (TPSA) is 648 Å². The van der Waals surface area contributed by atoms with Gasteiger partial charge in [0.2, 0.25) is 0 Å².